The second-order valence-corrected chi connectivity index (χ2v) is 7.03. The third-order valence-electron chi connectivity index (χ3n) is 5.20. The Bertz CT molecular complexity index is 711. The highest BCUT2D eigenvalue weighted by molar-refractivity contribution is 5.93. The number of hydrogen-bond acceptors (Lipinski definition) is 3. The molecule has 2 unspecified atom stereocenters. The van der Waals surface area contributed by atoms with Gasteiger partial charge in [-0.1, -0.05) is 12.1 Å². The molecule has 0 radical (unpaired) electrons. The number of aryl methyl sites for hydroxylation is 2. The Labute approximate surface area is 142 Å². The molecule has 0 saturated heterocycles. The van der Waals surface area contributed by atoms with E-state index in [9.17, 15) is 4.79 Å². The van der Waals surface area contributed by atoms with Gasteiger partial charge in [0.2, 0.25) is 5.91 Å². The molecule has 2 aromatic rings. The largest absolute Gasteiger partial charge is 0.334 e. The molecule has 126 valence electrons. The molecule has 24 heavy (non-hydrogen) atoms. The lowest BCUT2D eigenvalue weighted by molar-refractivity contribution is -0.119. The molecule has 0 bridgehead atoms. The topological polar surface area (TPSA) is 72.9 Å². The minimum atomic E-state index is 0.0551. The molecule has 5 nitrogen and oxygen atoms in total. The van der Waals surface area contributed by atoms with Gasteiger partial charge in [-0.15, -0.1) is 0 Å². The molecule has 1 aliphatic heterocycles. The van der Waals surface area contributed by atoms with E-state index < -0.39 is 0 Å². The number of hydrogen-bond donors (Lipinski definition) is 2. The molecule has 5 heteroatoms. The number of benzene rings is 1. The maximum atomic E-state index is 12.3. The third kappa shape index (κ3) is 3.08. The summed E-state index contributed by atoms with van der Waals surface area (Å²) in [5.74, 6) is 1.33. The molecular formula is C19H24N4O. The first-order valence-corrected chi connectivity index (χ1v) is 8.92. The number of anilines is 1. The Kier molecular flexibility index (Phi) is 4.10. The summed E-state index contributed by atoms with van der Waals surface area (Å²) in [6.07, 6.45) is 8.31. The number of fused-ring (bicyclic) bond motifs is 1. The quantitative estimate of drug-likeness (QED) is 0.911. The Morgan fingerprint density at radius 3 is 2.75 bits per heavy atom. The van der Waals surface area contributed by atoms with Gasteiger partial charge in [0, 0.05) is 42.4 Å². The van der Waals surface area contributed by atoms with E-state index in [0.29, 0.717) is 0 Å². The molecule has 3 N–H and O–H groups in total. The standard InChI is InChI=1S/C19H24N4O/c20-15-7-4-14(11-15)19(24)21-16-8-5-13(6-9-16)17-12-23-10-2-1-3-18(23)22-17/h5-6,8-9,12,14-15H,1-4,7,10-11,20H2,(H,21,24). The van der Waals surface area contributed by atoms with Crippen LogP contribution in [0, 0.1) is 5.92 Å². The molecule has 2 aliphatic rings. The van der Waals surface area contributed by atoms with Gasteiger partial charge >= 0.3 is 0 Å². The summed E-state index contributed by atoms with van der Waals surface area (Å²) >= 11 is 0. The predicted octanol–water partition coefficient (Wildman–Crippen LogP) is 2.95. The molecule has 1 aromatic carbocycles. The Morgan fingerprint density at radius 2 is 2.04 bits per heavy atom. The first-order valence-electron chi connectivity index (χ1n) is 8.92. The summed E-state index contributed by atoms with van der Waals surface area (Å²) in [5.41, 5.74) is 8.85. The van der Waals surface area contributed by atoms with Crippen LogP contribution >= 0.6 is 0 Å². The van der Waals surface area contributed by atoms with Gasteiger partial charge in [0.05, 0.1) is 5.69 Å². The molecule has 1 fully saturated rings. The number of rotatable bonds is 3. The maximum absolute atomic E-state index is 12.3. The lowest BCUT2D eigenvalue weighted by Gasteiger charge is -2.11. The van der Waals surface area contributed by atoms with E-state index in [-0.39, 0.29) is 17.9 Å². The van der Waals surface area contributed by atoms with E-state index in [2.05, 4.69) is 16.1 Å². The van der Waals surface area contributed by atoms with Crippen molar-refractivity contribution in [3.05, 3.63) is 36.3 Å². The number of carbonyl (C=O) groups is 1. The van der Waals surface area contributed by atoms with Crippen LogP contribution in [0.4, 0.5) is 5.69 Å². The highest BCUT2D eigenvalue weighted by atomic mass is 16.1. The van der Waals surface area contributed by atoms with Gasteiger partial charge in [0.1, 0.15) is 5.82 Å². The first-order chi connectivity index (χ1) is 11.7. The summed E-state index contributed by atoms with van der Waals surface area (Å²) in [7, 11) is 0. The summed E-state index contributed by atoms with van der Waals surface area (Å²) in [4.78, 5) is 17.0. The smallest absolute Gasteiger partial charge is 0.227 e. The Hall–Kier alpha value is -2.14. The maximum Gasteiger partial charge on any atom is 0.227 e. The zero-order valence-electron chi connectivity index (χ0n) is 13.9. The number of nitrogens with one attached hydrogen (secondary N) is 1. The number of nitrogens with zero attached hydrogens (tertiary/aromatic N) is 2. The Balaban J connectivity index is 1.44. The number of nitrogens with two attached hydrogens (primary N) is 1. The highest BCUT2D eigenvalue weighted by Crippen LogP contribution is 2.27. The Morgan fingerprint density at radius 1 is 1.21 bits per heavy atom. The monoisotopic (exact) mass is 324 g/mol. The van der Waals surface area contributed by atoms with E-state index >= 15 is 0 Å². The third-order valence-corrected chi connectivity index (χ3v) is 5.20. The number of amides is 1. The van der Waals surface area contributed by atoms with Crippen molar-refractivity contribution in [3.8, 4) is 11.3 Å². The first kappa shape index (κ1) is 15.4. The van der Waals surface area contributed by atoms with Crippen molar-refractivity contribution in [2.45, 2.75) is 51.1 Å². The summed E-state index contributed by atoms with van der Waals surface area (Å²) in [6.45, 7) is 1.07. The normalized spacial score (nSPS) is 23.0. The summed E-state index contributed by atoms with van der Waals surface area (Å²) in [6, 6.07) is 8.16. The van der Waals surface area contributed by atoms with Gasteiger partial charge in [-0.2, -0.15) is 0 Å². The number of imidazole rings is 1. The summed E-state index contributed by atoms with van der Waals surface area (Å²) < 4.78 is 2.26. The molecule has 4 rings (SSSR count). The number of carbonyl (C=O) groups excluding carboxylic acids is 1. The molecule has 0 spiro atoms. The van der Waals surface area contributed by atoms with Gasteiger partial charge in [0.25, 0.3) is 0 Å². The molecule has 2 atom stereocenters. The minimum absolute atomic E-state index is 0.0551. The second kappa shape index (κ2) is 6.40. The van der Waals surface area contributed by atoms with Gasteiger partial charge < -0.3 is 15.6 Å². The fourth-order valence-electron chi connectivity index (χ4n) is 3.77. The lowest BCUT2D eigenvalue weighted by Crippen LogP contribution is -2.23. The SMILES string of the molecule is NC1CCC(C(=O)Nc2ccc(-c3cn4c(n3)CCCC4)cc2)C1. The second-order valence-electron chi connectivity index (χ2n) is 7.03. The van der Waals surface area contributed by atoms with Crippen LogP contribution in [0.2, 0.25) is 0 Å². The molecule has 1 aromatic heterocycles. The zero-order valence-corrected chi connectivity index (χ0v) is 13.9. The van der Waals surface area contributed by atoms with Crippen LogP contribution in [0.3, 0.4) is 0 Å². The zero-order chi connectivity index (χ0) is 16.5. The minimum Gasteiger partial charge on any atom is -0.334 e. The molecule has 1 amide bonds. The molecule has 1 saturated carbocycles. The average Bonchev–Trinajstić information content (AvgIpc) is 3.21. The van der Waals surface area contributed by atoms with Crippen LogP contribution in [0.1, 0.15) is 37.9 Å². The summed E-state index contributed by atoms with van der Waals surface area (Å²) in [5, 5.41) is 3.01. The van der Waals surface area contributed by atoms with Gasteiger partial charge in [-0.3, -0.25) is 4.79 Å². The lowest BCUT2D eigenvalue weighted by atomic mass is 10.1. The molecule has 2 heterocycles. The van der Waals surface area contributed by atoms with Crippen molar-refractivity contribution in [2.75, 3.05) is 5.32 Å². The van der Waals surface area contributed by atoms with Crippen LogP contribution in [-0.2, 0) is 17.8 Å². The van der Waals surface area contributed by atoms with Crippen LogP contribution in [0.15, 0.2) is 30.5 Å². The number of aromatic nitrogens is 2. The highest BCUT2D eigenvalue weighted by Gasteiger charge is 2.27. The van der Waals surface area contributed by atoms with E-state index in [4.69, 9.17) is 10.7 Å². The van der Waals surface area contributed by atoms with E-state index in [1.54, 1.807) is 0 Å². The van der Waals surface area contributed by atoms with E-state index in [0.717, 1.165) is 49.2 Å². The van der Waals surface area contributed by atoms with Gasteiger partial charge in [-0.05, 0) is 44.2 Å². The molecular weight excluding hydrogens is 300 g/mol. The van der Waals surface area contributed by atoms with Crippen LogP contribution < -0.4 is 11.1 Å². The fourth-order valence-corrected chi connectivity index (χ4v) is 3.77. The van der Waals surface area contributed by atoms with Crippen molar-refractivity contribution in [2.24, 2.45) is 11.7 Å². The predicted molar refractivity (Wildman–Crippen MR) is 94.5 cm³/mol. The van der Waals surface area contributed by atoms with Crippen molar-refractivity contribution < 1.29 is 4.79 Å². The van der Waals surface area contributed by atoms with E-state index in [1.165, 1.54) is 18.7 Å². The van der Waals surface area contributed by atoms with Gasteiger partial charge in [0.15, 0.2) is 0 Å². The van der Waals surface area contributed by atoms with Gasteiger partial charge in [-0.25, -0.2) is 4.98 Å². The van der Waals surface area contributed by atoms with Crippen molar-refractivity contribution in [1.29, 1.82) is 0 Å². The average molecular weight is 324 g/mol. The van der Waals surface area contributed by atoms with Crippen molar-refractivity contribution in [1.82, 2.24) is 9.55 Å². The van der Waals surface area contributed by atoms with Crippen LogP contribution in [0.25, 0.3) is 11.3 Å². The van der Waals surface area contributed by atoms with Crippen LogP contribution in [-0.4, -0.2) is 21.5 Å². The van der Waals surface area contributed by atoms with E-state index in [1.807, 2.05) is 24.3 Å². The molecule has 1 aliphatic carbocycles. The fraction of sp³-hybridized carbons (Fsp3) is 0.474. The van der Waals surface area contributed by atoms with Crippen molar-refractivity contribution in [3.63, 3.8) is 0 Å². The van der Waals surface area contributed by atoms with Crippen LogP contribution in [0.5, 0.6) is 0 Å². The van der Waals surface area contributed by atoms with Crippen molar-refractivity contribution >= 4 is 11.6 Å².